The summed E-state index contributed by atoms with van der Waals surface area (Å²) in [4.78, 5) is 15.5. The van der Waals surface area contributed by atoms with E-state index in [0.717, 1.165) is 50.4 Å². The summed E-state index contributed by atoms with van der Waals surface area (Å²) in [5, 5.41) is 0. The van der Waals surface area contributed by atoms with Gasteiger partial charge >= 0.3 is 5.95 Å². The molecule has 0 saturated carbocycles. The molecule has 0 amide bonds. The largest absolute Gasteiger partial charge is 0.493 e. The number of ether oxygens (including phenoxy) is 3. The molecule has 2 N–H and O–H groups in total. The molecule has 0 aliphatic carbocycles. The van der Waals surface area contributed by atoms with E-state index in [-0.39, 0.29) is 12.3 Å². The molecule has 4 rings (SSSR count). The number of fused-ring (bicyclic) bond motifs is 1. The van der Waals surface area contributed by atoms with E-state index in [0.29, 0.717) is 23.0 Å². The Kier molecular flexibility index (Phi) is 6.39. The van der Waals surface area contributed by atoms with Gasteiger partial charge in [-0.2, -0.15) is 0 Å². The minimum absolute atomic E-state index is 0.0475. The molecule has 0 atom stereocenters. The summed E-state index contributed by atoms with van der Waals surface area (Å²) >= 11 is 0. The van der Waals surface area contributed by atoms with Crippen molar-refractivity contribution in [3.63, 3.8) is 0 Å². The summed E-state index contributed by atoms with van der Waals surface area (Å²) in [6.45, 7) is 5.17. The van der Waals surface area contributed by atoms with Crippen LogP contribution in [0.4, 0.5) is 5.95 Å². The number of morpholine rings is 1. The van der Waals surface area contributed by atoms with Crippen LogP contribution in [0.15, 0.2) is 42.5 Å². The number of ketones is 1. The quantitative estimate of drug-likeness (QED) is 0.437. The van der Waals surface area contributed by atoms with Gasteiger partial charge in [-0.3, -0.25) is 15.4 Å². The summed E-state index contributed by atoms with van der Waals surface area (Å²) in [6, 6.07) is 13.2. The Balaban J connectivity index is 1.60. The van der Waals surface area contributed by atoms with E-state index < -0.39 is 0 Å². The van der Waals surface area contributed by atoms with Gasteiger partial charge in [0, 0.05) is 25.2 Å². The number of anilines is 1. The minimum Gasteiger partial charge on any atom is -0.493 e. The van der Waals surface area contributed by atoms with Gasteiger partial charge in [0.25, 0.3) is 0 Å². The smallest absolute Gasteiger partial charge is 0.356 e. The molecule has 1 aliphatic heterocycles. The van der Waals surface area contributed by atoms with Crippen LogP contribution in [0.5, 0.6) is 11.5 Å². The Labute approximate surface area is 181 Å². The van der Waals surface area contributed by atoms with Gasteiger partial charge in [-0.1, -0.05) is 12.1 Å². The molecule has 0 bridgehead atoms. The standard InChI is InChI=1S/C23H28N4O4/c1-29-21-8-7-17(15-22(21)30-2)20(28)16-27-19-6-4-3-5-18(19)26(23(27)24)10-9-25-11-13-31-14-12-25/h3-8,15,24H,9-14,16H2,1-2H3/p+1. The second kappa shape index (κ2) is 9.36. The maximum atomic E-state index is 13.1. The van der Waals surface area contributed by atoms with Gasteiger partial charge in [0.1, 0.15) is 17.6 Å². The van der Waals surface area contributed by atoms with E-state index in [9.17, 15) is 4.79 Å². The molecule has 8 nitrogen and oxygen atoms in total. The summed E-state index contributed by atoms with van der Waals surface area (Å²) in [5.41, 5.74) is 9.06. The van der Waals surface area contributed by atoms with Crippen molar-refractivity contribution in [2.45, 2.75) is 13.1 Å². The second-order valence-corrected chi connectivity index (χ2v) is 7.53. The van der Waals surface area contributed by atoms with Crippen LogP contribution in [0.2, 0.25) is 0 Å². The summed E-state index contributed by atoms with van der Waals surface area (Å²) in [5.74, 6) is 1.64. The van der Waals surface area contributed by atoms with Crippen molar-refractivity contribution < 1.29 is 23.6 Å². The predicted molar refractivity (Wildman–Crippen MR) is 118 cm³/mol. The molecule has 1 saturated heterocycles. The molecule has 0 radical (unpaired) electrons. The first-order valence-electron chi connectivity index (χ1n) is 10.4. The van der Waals surface area contributed by atoms with Gasteiger partial charge in [0.2, 0.25) is 0 Å². The third kappa shape index (κ3) is 4.35. The van der Waals surface area contributed by atoms with Gasteiger partial charge in [0.05, 0.1) is 34.0 Å². The van der Waals surface area contributed by atoms with Crippen molar-refractivity contribution >= 4 is 22.8 Å². The summed E-state index contributed by atoms with van der Waals surface area (Å²) in [7, 11) is 3.13. The van der Waals surface area contributed by atoms with E-state index in [2.05, 4.69) is 9.47 Å². The normalized spacial score (nSPS) is 14.6. The van der Waals surface area contributed by atoms with E-state index in [4.69, 9.17) is 19.9 Å². The number of imidazole rings is 1. The minimum atomic E-state index is -0.0475. The monoisotopic (exact) mass is 425 g/mol. The van der Waals surface area contributed by atoms with Crippen molar-refractivity contribution in [1.29, 1.82) is 0 Å². The Morgan fingerprint density at radius 1 is 1.06 bits per heavy atom. The number of para-hydroxylation sites is 2. The number of hydrogen-bond acceptors (Lipinski definition) is 6. The van der Waals surface area contributed by atoms with E-state index >= 15 is 0 Å². The van der Waals surface area contributed by atoms with Crippen molar-refractivity contribution in [2.75, 3.05) is 52.8 Å². The Hall–Kier alpha value is -3.10. The number of carbonyl (C=O) groups excluding carboxylic acids is 1. The number of nitrogens with two attached hydrogens (primary N) is 1. The number of rotatable bonds is 8. The third-order valence-corrected chi connectivity index (χ3v) is 5.77. The van der Waals surface area contributed by atoms with Gasteiger partial charge in [0.15, 0.2) is 17.3 Å². The molecular formula is C23H29N4O4+. The molecule has 1 aromatic heterocycles. The number of benzene rings is 2. The lowest BCUT2D eigenvalue weighted by Crippen LogP contribution is -2.41. The zero-order chi connectivity index (χ0) is 21.8. The third-order valence-electron chi connectivity index (χ3n) is 5.77. The molecule has 8 heteroatoms. The lowest BCUT2D eigenvalue weighted by atomic mass is 10.1. The zero-order valence-corrected chi connectivity index (χ0v) is 18.0. The molecule has 2 heterocycles. The fraction of sp³-hybridized carbons (Fsp3) is 0.391. The van der Waals surface area contributed by atoms with E-state index in [1.54, 1.807) is 32.4 Å². The molecular weight excluding hydrogens is 396 g/mol. The first-order valence-corrected chi connectivity index (χ1v) is 10.4. The Morgan fingerprint density at radius 2 is 1.81 bits per heavy atom. The molecule has 31 heavy (non-hydrogen) atoms. The van der Waals surface area contributed by atoms with Gasteiger partial charge in [-0.25, -0.2) is 9.13 Å². The highest BCUT2D eigenvalue weighted by Crippen LogP contribution is 2.28. The van der Waals surface area contributed by atoms with Crippen LogP contribution in [0, 0.1) is 0 Å². The number of aromatic nitrogens is 2. The first-order chi connectivity index (χ1) is 15.1. The zero-order valence-electron chi connectivity index (χ0n) is 18.0. The molecule has 1 fully saturated rings. The van der Waals surface area contributed by atoms with E-state index in [1.165, 1.54) is 0 Å². The highest BCUT2D eigenvalue weighted by molar-refractivity contribution is 5.96. The van der Waals surface area contributed by atoms with Gasteiger partial charge in [-0.15, -0.1) is 0 Å². The first kappa shape index (κ1) is 21.1. The van der Waals surface area contributed by atoms with Gasteiger partial charge < -0.3 is 14.2 Å². The van der Waals surface area contributed by atoms with Crippen LogP contribution < -0.4 is 19.8 Å². The fourth-order valence-corrected chi connectivity index (χ4v) is 4.03. The number of methoxy groups -OCH3 is 2. The van der Waals surface area contributed by atoms with Crippen molar-refractivity contribution in [2.24, 2.45) is 0 Å². The molecule has 2 aromatic carbocycles. The van der Waals surface area contributed by atoms with Crippen molar-refractivity contribution in [1.82, 2.24) is 9.47 Å². The van der Waals surface area contributed by atoms with Gasteiger partial charge in [-0.05, 0) is 30.3 Å². The lowest BCUT2D eigenvalue weighted by molar-refractivity contribution is -0.642. The number of hydrogen-bond donors (Lipinski definition) is 1. The predicted octanol–water partition coefficient (Wildman–Crippen LogP) is 1.74. The molecule has 3 aromatic rings. The molecule has 164 valence electrons. The maximum absolute atomic E-state index is 13.1. The maximum Gasteiger partial charge on any atom is 0.356 e. The topological polar surface area (TPSA) is 82.8 Å². The lowest BCUT2D eigenvalue weighted by Gasteiger charge is -2.25. The van der Waals surface area contributed by atoms with Crippen LogP contribution in [-0.4, -0.2) is 62.3 Å². The van der Waals surface area contributed by atoms with Crippen LogP contribution >= 0.6 is 0 Å². The average molecular weight is 426 g/mol. The molecule has 1 aliphatic rings. The summed E-state index contributed by atoms with van der Waals surface area (Å²) < 4.78 is 20.0. The van der Waals surface area contributed by atoms with Crippen molar-refractivity contribution in [3.05, 3.63) is 48.0 Å². The van der Waals surface area contributed by atoms with Crippen LogP contribution in [-0.2, 0) is 17.8 Å². The Bertz CT molecular complexity index is 1070. The molecule has 0 unspecified atom stereocenters. The van der Waals surface area contributed by atoms with Crippen LogP contribution in [0.25, 0.3) is 11.0 Å². The second-order valence-electron chi connectivity index (χ2n) is 7.53. The van der Waals surface area contributed by atoms with Crippen LogP contribution in [0.1, 0.15) is 10.4 Å². The van der Waals surface area contributed by atoms with Crippen molar-refractivity contribution in [3.8, 4) is 11.5 Å². The number of nitrogen functional groups attached to an aromatic ring is 1. The summed E-state index contributed by atoms with van der Waals surface area (Å²) in [6.07, 6.45) is 0. The number of nitrogens with zero attached hydrogens (tertiary/aromatic N) is 3. The van der Waals surface area contributed by atoms with E-state index in [1.807, 2.05) is 28.8 Å². The highest BCUT2D eigenvalue weighted by atomic mass is 16.5. The SMILES string of the molecule is COc1ccc(C(=O)C[n+]2c(N)n(CCN3CCOCC3)c3ccccc32)cc1OC. The fourth-order valence-electron chi connectivity index (χ4n) is 4.03. The number of Topliss-reactive ketones (excluding diaryl/α,β-unsaturated/α-hetero) is 1. The molecule has 0 spiro atoms. The highest BCUT2D eigenvalue weighted by Gasteiger charge is 2.24. The van der Waals surface area contributed by atoms with Crippen LogP contribution in [0.3, 0.4) is 0 Å². The average Bonchev–Trinajstić information content (AvgIpc) is 3.08. The Morgan fingerprint density at radius 3 is 2.55 bits per heavy atom. The number of carbonyl (C=O) groups is 1.